The summed E-state index contributed by atoms with van der Waals surface area (Å²) in [5.41, 5.74) is 9.49. The van der Waals surface area contributed by atoms with Gasteiger partial charge in [-0.15, -0.1) is 23.7 Å². The van der Waals surface area contributed by atoms with Gasteiger partial charge in [0.2, 0.25) is 0 Å². The molecule has 0 radical (unpaired) electrons. The molecule has 0 aliphatic heterocycles. The Bertz CT molecular complexity index is 761. The molecule has 20 heavy (non-hydrogen) atoms. The van der Waals surface area contributed by atoms with E-state index in [4.69, 9.17) is 11.1 Å². The molecule has 5 nitrogen and oxygen atoms in total. The second-order valence-corrected chi connectivity index (χ2v) is 5.19. The smallest absolute Gasteiger partial charge is 0.192 e. The largest absolute Gasteiger partial charge is 0.370 e. The van der Waals surface area contributed by atoms with Crippen molar-refractivity contribution in [2.75, 3.05) is 5.32 Å². The Morgan fingerprint density at radius 2 is 2.20 bits per heavy atom. The fourth-order valence-electron chi connectivity index (χ4n) is 2.02. The van der Waals surface area contributed by atoms with Gasteiger partial charge in [0.1, 0.15) is 0 Å². The van der Waals surface area contributed by atoms with Gasteiger partial charge >= 0.3 is 0 Å². The van der Waals surface area contributed by atoms with Crippen LogP contribution in [0.1, 0.15) is 5.69 Å². The minimum atomic E-state index is -0.0994. The number of nitrogens with one attached hydrogen (secondary N) is 3. The van der Waals surface area contributed by atoms with Crippen LogP contribution in [0.3, 0.4) is 0 Å². The van der Waals surface area contributed by atoms with Crippen molar-refractivity contribution in [3.8, 4) is 11.3 Å². The number of aryl methyl sites for hydroxylation is 1. The van der Waals surface area contributed by atoms with Crippen LogP contribution >= 0.6 is 23.7 Å². The third-order valence-corrected chi connectivity index (χ3v) is 3.55. The van der Waals surface area contributed by atoms with Gasteiger partial charge in [-0.2, -0.15) is 0 Å². The highest BCUT2D eigenvalue weighted by molar-refractivity contribution is 7.14. The molecule has 0 saturated heterocycles. The van der Waals surface area contributed by atoms with Gasteiger partial charge in [0.05, 0.1) is 5.69 Å². The van der Waals surface area contributed by atoms with Crippen LogP contribution in [0.5, 0.6) is 0 Å². The molecule has 2 heterocycles. The Morgan fingerprint density at radius 1 is 1.40 bits per heavy atom. The van der Waals surface area contributed by atoms with E-state index < -0.39 is 0 Å². The molecule has 3 aromatic rings. The summed E-state index contributed by atoms with van der Waals surface area (Å²) in [4.78, 5) is 7.70. The molecule has 0 atom stereocenters. The minimum Gasteiger partial charge on any atom is -0.370 e. The molecule has 0 bridgehead atoms. The molecular formula is C13H14ClN5S. The number of thiazole rings is 1. The van der Waals surface area contributed by atoms with Crippen LogP contribution in [-0.4, -0.2) is 15.9 Å². The molecular weight excluding hydrogens is 294 g/mol. The fraction of sp³-hybridized carbons (Fsp3) is 0.0769. The lowest BCUT2D eigenvalue weighted by atomic mass is 10.1. The highest BCUT2D eigenvalue weighted by atomic mass is 35.5. The Hall–Kier alpha value is -2.05. The van der Waals surface area contributed by atoms with E-state index in [0.717, 1.165) is 22.5 Å². The van der Waals surface area contributed by atoms with Crippen LogP contribution in [0.15, 0.2) is 29.6 Å². The molecule has 0 spiro atoms. The first kappa shape index (κ1) is 14.4. The van der Waals surface area contributed by atoms with Crippen molar-refractivity contribution in [3.63, 3.8) is 0 Å². The molecule has 1 aromatic carbocycles. The maximum absolute atomic E-state index is 7.19. The van der Waals surface area contributed by atoms with E-state index in [2.05, 4.69) is 33.5 Å². The van der Waals surface area contributed by atoms with Crippen molar-refractivity contribution in [1.29, 1.82) is 5.41 Å². The predicted molar refractivity (Wildman–Crippen MR) is 86.9 cm³/mol. The lowest BCUT2D eigenvalue weighted by molar-refractivity contribution is 1.30. The number of hydrogen-bond acceptors (Lipinski definition) is 3. The zero-order valence-electron chi connectivity index (χ0n) is 10.7. The van der Waals surface area contributed by atoms with Gasteiger partial charge in [0.15, 0.2) is 11.1 Å². The summed E-state index contributed by atoms with van der Waals surface area (Å²) in [6.45, 7) is 2.04. The first-order valence-electron chi connectivity index (χ1n) is 5.78. The number of hydrogen-bond donors (Lipinski definition) is 4. The summed E-state index contributed by atoms with van der Waals surface area (Å²) in [5, 5.41) is 13.6. The number of H-pyrrole nitrogens is 1. The number of halogens is 1. The Kier molecular flexibility index (Phi) is 3.96. The molecule has 0 amide bonds. The van der Waals surface area contributed by atoms with Gasteiger partial charge < -0.3 is 16.0 Å². The summed E-state index contributed by atoms with van der Waals surface area (Å²) in [5.74, 6) is -0.0994. The second kappa shape index (κ2) is 5.52. The van der Waals surface area contributed by atoms with Crippen molar-refractivity contribution >= 4 is 45.7 Å². The quantitative estimate of drug-likeness (QED) is 0.432. The number of anilines is 1. The standard InChI is InChI=1S/C13H13N5S.ClH/c1-7-4-9-5-8(2-3-10(9)16-7)11-6-19-13(17-11)18-12(14)15;/h2-6,16H,1H3,(H4,14,15,17,18);1H. The van der Waals surface area contributed by atoms with Gasteiger partial charge in [-0.1, -0.05) is 6.07 Å². The topological polar surface area (TPSA) is 90.6 Å². The van der Waals surface area contributed by atoms with Gasteiger partial charge in [-0.05, 0) is 25.1 Å². The zero-order chi connectivity index (χ0) is 13.4. The molecule has 7 heteroatoms. The van der Waals surface area contributed by atoms with Crippen LogP contribution in [0.25, 0.3) is 22.2 Å². The maximum Gasteiger partial charge on any atom is 0.192 e. The van der Waals surface area contributed by atoms with Gasteiger partial charge in [-0.25, -0.2) is 4.98 Å². The molecule has 104 valence electrons. The maximum atomic E-state index is 7.19. The third kappa shape index (κ3) is 2.76. The predicted octanol–water partition coefficient (Wildman–Crippen LogP) is 3.33. The molecule has 0 aliphatic rings. The van der Waals surface area contributed by atoms with Crippen LogP contribution in [-0.2, 0) is 0 Å². The number of fused-ring (bicyclic) bond motifs is 1. The van der Waals surface area contributed by atoms with Crippen molar-refractivity contribution in [2.45, 2.75) is 6.92 Å². The normalized spacial score (nSPS) is 10.2. The number of guanidine groups is 1. The highest BCUT2D eigenvalue weighted by Crippen LogP contribution is 2.27. The summed E-state index contributed by atoms with van der Waals surface area (Å²) < 4.78 is 0. The lowest BCUT2D eigenvalue weighted by Crippen LogP contribution is -2.20. The Labute approximate surface area is 126 Å². The van der Waals surface area contributed by atoms with Crippen LogP contribution in [0.4, 0.5) is 5.13 Å². The molecule has 5 N–H and O–H groups in total. The molecule has 2 aromatic heterocycles. The van der Waals surface area contributed by atoms with Crippen LogP contribution < -0.4 is 11.1 Å². The third-order valence-electron chi connectivity index (χ3n) is 2.80. The summed E-state index contributed by atoms with van der Waals surface area (Å²) in [6.07, 6.45) is 0. The average Bonchev–Trinajstić information content (AvgIpc) is 2.92. The molecule has 0 saturated carbocycles. The van der Waals surface area contributed by atoms with Crippen LogP contribution in [0.2, 0.25) is 0 Å². The first-order chi connectivity index (χ1) is 9.11. The van der Waals surface area contributed by atoms with E-state index in [1.165, 1.54) is 16.7 Å². The highest BCUT2D eigenvalue weighted by Gasteiger charge is 2.06. The summed E-state index contributed by atoms with van der Waals surface area (Å²) in [7, 11) is 0. The van der Waals surface area contributed by atoms with Crippen molar-refractivity contribution in [1.82, 2.24) is 9.97 Å². The van der Waals surface area contributed by atoms with E-state index in [0.29, 0.717) is 5.13 Å². The van der Waals surface area contributed by atoms with Crippen molar-refractivity contribution in [3.05, 3.63) is 35.3 Å². The van der Waals surface area contributed by atoms with E-state index in [9.17, 15) is 0 Å². The Balaban J connectivity index is 0.00000147. The lowest BCUT2D eigenvalue weighted by Gasteiger charge is -1.98. The number of nitrogens with two attached hydrogens (primary N) is 1. The first-order valence-corrected chi connectivity index (χ1v) is 6.66. The summed E-state index contributed by atoms with van der Waals surface area (Å²) >= 11 is 1.43. The molecule has 0 unspecified atom stereocenters. The van der Waals surface area contributed by atoms with Crippen molar-refractivity contribution < 1.29 is 0 Å². The van der Waals surface area contributed by atoms with E-state index in [1.54, 1.807) is 0 Å². The van der Waals surface area contributed by atoms with E-state index >= 15 is 0 Å². The average molecular weight is 308 g/mol. The van der Waals surface area contributed by atoms with E-state index in [1.807, 2.05) is 18.4 Å². The van der Waals surface area contributed by atoms with Crippen molar-refractivity contribution in [2.24, 2.45) is 5.73 Å². The monoisotopic (exact) mass is 307 g/mol. The SMILES string of the molecule is Cc1cc2cc(-c3csc(NC(=N)N)n3)ccc2[nH]1.Cl. The summed E-state index contributed by atoms with van der Waals surface area (Å²) in [6, 6.07) is 8.30. The number of aromatic nitrogens is 2. The number of aromatic amines is 1. The van der Waals surface area contributed by atoms with E-state index in [-0.39, 0.29) is 18.4 Å². The van der Waals surface area contributed by atoms with Gasteiger partial charge in [0, 0.05) is 27.5 Å². The fourth-order valence-corrected chi connectivity index (χ4v) is 2.75. The molecule has 0 aliphatic carbocycles. The molecule has 0 fully saturated rings. The molecule has 3 rings (SSSR count). The second-order valence-electron chi connectivity index (χ2n) is 4.33. The number of rotatable bonds is 2. The minimum absolute atomic E-state index is 0. The van der Waals surface area contributed by atoms with Gasteiger partial charge in [0.25, 0.3) is 0 Å². The number of nitrogens with zero attached hydrogens (tertiary/aromatic N) is 1. The number of benzene rings is 1. The van der Waals surface area contributed by atoms with Gasteiger partial charge in [-0.3, -0.25) is 5.41 Å². The zero-order valence-corrected chi connectivity index (χ0v) is 12.4. The van der Waals surface area contributed by atoms with Crippen LogP contribution in [0, 0.1) is 12.3 Å². The Morgan fingerprint density at radius 3 is 2.95 bits per heavy atom.